The van der Waals surface area contributed by atoms with Gasteiger partial charge in [0.15, 0.2) is 0 Å². The molecule has 5 rings (SSSR count). The number of hydrogen-bond donors (Lipinski definition) is 1. The molecule has 2 aromatic carbocycles. The van der Waals surface area contributed by atoms with E-state index < -0.39 is 0 Å². The molecule has 0 spiro atoms. The number of aromatic nitrogens is 3. The number of anilines is 2. The lowest BCUT2D eigenvalue weighted by atomic mass is 10.0. The van der Waals surface area contributed by atoms with E-state index >= 15 is 0 Å². The summed E-state index contributed by atoms with van der Waals surface area (Å²) in [5, 5.41) is 9.50. The fourth-order valence-corrected chi connectivity index (χ4v) is 5.06. The Morgan fingerprint density at radius 1 is 1.00 bits per heavy atom. The predicted octanol–water partition coefficient (Wildman–Crippen LogP) is 4.89. The molecule has 1 N–H and O–H groups in total. The lowest BCUT2D eigenvalue weighted by Gasteiger charge is -2.35. The van der Waals surface area contributed by atoms with Gasteiger partial charge < -0.3 is 19.6 Å². The summed E-state index contributed by atoms with van der Waals surface area (Å²) in [7, 11) is 4.25. The summed E-state index contributed by atoms with van der Waals surface area (Å²) < 4.78 is 5.43. The zero-order valence-electron chi connectivity index (χ0n) is 22.7. The standard InChI is InChI=1S/C29H36ClN7O/c1-20-27(21(2)38-34-20)23-7-10-26-25(19-23)28(31-12-11-22-5-8-24(30)9-6-22)33-29(32-26)37-17-15-36(16-18-37)14-13-35(3)4/h5-10,19H,11-18H2,1-4H3,(H,31,32,33). The fraction of sp³-hybridized carbons (Fsp3) is 0.414. The molecule has 0 aliphatic carbocycles. The summed E-state index contributed by atoms with van der Waals surface area (Å²) in [6.45, 7) is 10.7. The Bertz CT molecular complexity index is 1360. The first-order chi connectivity index (χ1) is 18.4. The highest BCUT2D eigenvalue weighted by Crippen LogP contribution is 2.32. The van der Waals surface area contributed by atoms with Crippen LogP contribution in [0.5, 0.6) is 0 Å². The molecule has 4 aromatic rings. The van der Waals surface area contributed by atoms with Crippen LogP contribution in [0.15, 0.2) is 47.0 Å². The molecular formula is C29H36ClN7O. The van der Waals surface area contributed by atoms with Crippen molar-refractivity contribution >= 4 is 34.3 Å². The second kappa shape index (κ2) is 11.7. The molecule has 0 unspecified atom stereocenters. The van der Waals surface area contributed by atoms with E-state index in [-0.39, 0.29) is 0 Å². The Balaban J connectivity index is 1.41. The third-order valence-electron chi connectivity index (χ3n) is 7.14. The smallest absolute Gasteiger partial charge is 0.227 e. The Morgan fingerprint density at radius 3 is 2.45 bits per heavy atom. The first-order valence-electron chi connectivity index (χ1n) is 13.2. The fourth-order valence-electron chi connectivity index (χ4n) is 4.93. The van der Waals surface area contributed by atoms with Crippen LogP contribution in [-0.4, -0.2) is 84.8 Å². The van der Waals surface area contributed by atoms with Crippen molar-refractivity contribution in [2.45, 2.75) is 20.3 Å². The number of nitrogens with one attached hydrogen (secondary N) is 1. The summed E-state index contributed by atoms with van der Waals surface area (Å²) in [6, 6.07) is 14.3. The number of benzene rings is 2. The van der Waals surface area contributed by atoms with E-state index in [4.69, 9.17) is 26.1 Å². The number of fused-ring (bicyclic) bond motifs is 1. The number of aryl methyl sites for hydroxylation is 2. The maximum Gasteiger partial charge on any atom is 0.227 e. The average molecular weight is 534 g/mol. The van der Waals surface area contributed by atoms with Crippen LogP contribution in [0.1, 0.15) is 17.0 Å². The second-order valence-corrected chi connectivity index (χ2v) is 10.7. The Labute approximate surface area is 229 Å². The number of likely N-dealkylation sites (N-methyl/N-ethyl adjacent to an activating group) is 1. The van der Waals surface area contributed by atoms with Gasteiger partial charge in [-0.15, -0.1) is 0 Å². The van der Waals surface area contributed by atoms with Crippen LogP contribution in [0.4, 0.5) is 11.8 Å². The first-order valence-corrected chi connectivity index (χ1v) is 13.6. The monoisotopic (exact) mass is 533 g/mol. The van der Waals surface area contributed by atoms with Crippen molar-refractivity contribution < 1.29 is 4.52 Å². The van der Waals surface area contributed by atoms with Gasteiger partial charge in [-0.2, -0.15) is 4.98 Å². The summed E-state index contributed by atoms with van der Waals surface area (Å²) in [6.07, 6.45) is 0.867. The molecule has 0 saturated carbocycles. The average Bonchev–Trinajstić information content (AvgIpc) is 3.26. The van der Waals surface area contributed by atoms with Crippen molar-refractivity contribution in [3.8, 4) is 11.1 Å². The van der Waals surface area contributed by atoms with Crippen molar-refractivity contribution in [3.05, 3.63) is 64.5 Å². The molecule has 0 bridgehead atoms. The molecule has 2 aromatic heterocycles. The molecule has 9 heteroatoms. The van der Waals surface area contributed by atoms with Gasteiger partial charge in [-0.1, -0.05) is 35.0 Å². The van der Waals surface area contributed by atoms with Crippen molar-refractivity contribution in [2.75, 3.05) is 70.1 Å². The van der Waals surface area contributed by atoms with Crippen molar-refractivity contribution in [2.24, 2.45) is 0 Å². The van der Waals surface area contributed by atoms with Gasteiger partial charge in [-0.25, -0.2) is 4.98 Å². The predicted molar refractivity (Wildman–Crippen MR) is 155 cm³/mol. The minimum Gasteiger partial charge on any atom is -0.369 e. The van der Waals surface area contributed by atoms with E-state index in [2.05, 4.69) is 69.6 Å². The van der Waals surface area contributed by atoms with Gasteiger partial charge in [0, 0.05) is 61.8 Å². The number of piperazine rings is 1. The van der Waals surface area contributed by atoms with E-state index in [0.717, 1.165) is 103 Å². The quantitative estimate of drug-likeness (QED) is 0.326. The van der Waals surface area contributed by atoms with Crippen molar-refractivity contribution in [3.63, 3.8) is 0 Å². The molecule has 0 radical (unpaired) electrons. The SMILES string of the molecule is Cc1noc(C)c1-c1ccc2nc(N3CCN(CCN(C)C)CC3)nc(NCCc3ccc(Cl)cc3)c2c1. The molecule has 1 aliphatic heterocycles. The number of halogens is 1. The van der Waals surface area contributed by atoms with E-state index in [9.17, 15) is 0 Å². The van der Waals surface area contributed by atoms with Gasteiger partial charge in [0.1, 0.15) is 11.6 Å². The van der Waals surface area contributed by atoms with E-state index in [1.54, 1.807) is 0 Å². The lowest BCUT2D eigenvalue weighted by molar-refractivity contribution is 0.229. The summed E-state index contributed by atoms with van der Waals surface area (Å²) in [5.74, 6) is 2.44. The zero-order chi connectivity index (χ0) is 26.6. The molecular weight excluding hydrogens is 498 g/mol. The maximum absolute atomic E-state index is 6.06. The van der Waals surface area contributed by atoms with Crippen LogP contribution in [0, 0.1) is 13.8 Å². The van der Waals surface area contributed by atoms with Gasteiger partial charge in [-0.3, -0.25) is 4.90 Å². The third-order valence-corrected chi connectivity index (χ3v) is 7.40. The number of rotatable bonds is 9. The Morgan fingerprint density at radius 2 is 1.76 bits per heavy atom. The number of hydrogen-bond acceptors (Lipinski definition) is 8. The maximum atomic E-state index is 6.06. The van der Waals surface area contributed by atoms with Gasteiger partial charge in [-0.05, 0) is 69.8 Å². The van der Waals surface area contributed by atoms with Gasteiger partial charge in [0.2, 0.25) is 5.95 Å². The summed E-state index contributed by atoms with van der Waals surface area (Å²) in [5.41, 5.74) is 5.11. The van der Waals surface area contributed by atoms with Crippen LogP contribution < -0.4 is 10.2 Å². The summed E-state index contributed by atoms with van der Waals surface area (Å²) >= 11 is 6.06. The highest BCUT2D eigenvalue weighted by atomic mass is 35.5. The van der Waals surface area contributed by atoms with Crippen molar-refractivity contribution in [1.82, 2.24) is 24.9 Å². The van der Waals surface area contributed by atoms with Crippen LogP contribution in [0.3, 0.4) is 0 Å². The first kappa shape index (κ1) is 26.4. The summed E-state index contributed by atoms with van der Waals surface area (Å²) in [4.78, 5) is 17.1. The van der Waals surface area contributed by atoms with Crippen LogP contribution in [-0.2, 0) is 6.42 Å². The largest absolute Gasteiger partial charge is 0.369 e. The van der Waals surface area contributed by atoms with Gasteiger partial charge in [0.05, 0.1) is 11.2 Å². The molecule has 200 valence electrons. The topological polar surface area (TPSA) is 73.6 Å². The van der Waals surface area contributed by atoms with E-state index in [1.807, 2.05) is 26.0 Å². The Kier molecular flexibility index (Phi) is 8.12. The lowest BCUT2D eigenvalue weighted by Crippen LogP contribution is -2.48. The molecule has 0 amide bonds. The molecule has 0 atom stereocenters. The van der Waals surface area contributed by atoms with Gasteiger partial charge >= 0.3 is 0 Å². The Hall–Kier alpha value is -3.20. The minimum atomic E-state index is 0.751. The minimum absolute atomic E-state index is 0.751. The number of nitrogens with zero attached hydrogens (tertiary/aromatic N) is 6. The van der Waals surface area contributed by atoms with E-state index in [1.165, 1.54) is 5.56 Å². The van der Waals surface area contributed by atoms with E-state index in [0.29, 0.717) is 0 Å². The second-order valence-electron chi connectivity index (χ2n) is 10.2. The normalized spacial score (nSPS) is 14.5. The zero-order valence-corrected chi connectivity index (χ0v) is 23.4. The molecule has 8 nitrogen and oxygen atoms in total. The molecule has 1 fully saturated rings. The molecule has 1 aliphatic rings. The van der Waals surface area contributed by atoms with Gasteiger partial charge in [0.25, 0.3) is 0 Å². The van der Waals surface area contributed by atoms with Crippen LogP contribution >= 0.6 is 11.6 Å². The molecule has 38 heavy (non-hydrogen) atoms. The van der Waals surface area contributed by atoms with Crippen molar-refractivity contribution in [1.29, 1.82) is 0 Å². The highest BCUT2D eigenvalue weighted by Gasteiger charge is 2.21. The third kappa shape index (κ3) is 6.09. The highest BCUT2D eigenvalue weighted by molar-refractivity contribution is 6.30. The molecule has 3 heterocycles. The van der Waals surface area contributed by atoms with Crippen LogP contribution in [0.25, 0.3) is 22.0 Å². The van der Waals surface area contributed by atoms with Crippen LogP contribution in [0.2, 0.25) is 5.02 Å². The molecule has 1 saturated heterocycles.